The molecule has 0 aromatic heterocycles. The number of carbonyl (C=O) groups is 5. The van der Waals surface area contributed by atoms with Gasteiger partial charge in [-0.1, -0.05) is 12.1 Å². The maximum Gasteiger partial charge on any atom is 0.412 e. The summed E-state index contributed by atoms with van der Waals surface area (Å²) in [5, 5.41) is 28.3. The molecule has 14 heteroatoms. The van der Waals surface area contributed by atoms with E-state index in [1.54, 1.807) is 13.8 Å². The van der Waals surface area contributed by atoms with Crippen LogP contribution in [0.1, 0.15) is 61.9 Å². The first kappa shape index (κ1) is 32.2. The first-order chi connectivity index (χ1) is 19.1. The van der Waals surface area contributed by atoms with Crippen LogP contribution in [0.15, 0.2) is 24.3 Å². The number of amidine groups is 1. The normalized spacial score (nSPS) is 14.8. The molecule has 0 spiro atoms. The van der Waals surface area contributed by atoms with Crippen LogP contribution in [0.3, 0.4) is 0 Å². The number of rotatable bonds is 14. The molecular formula is C26H37N5O9. The number of hydrogen-bond acceptors (Lipinski definition) is 10. The summed E-state index contributed by atoms with van der Waals surface area (Å²) in [5.41, 5.74) is -2.34. The maximum absolute atomic E-state index is 13.3. The van der Waals surface area contributed by atoms with E-state index in [2.05, 4.69) is 21.3 Å². The Labute approximate surface area is 232 Å². The number of carboxylic acid groups (broad SMARTS) is 1. The second-order valence-electron chi connectivity index (χ2n) is 8.83. The Bertz CT molecular complexity index is 1060. The van der Waals surface area contributed by atoms with Gasteiger partial charge < -0.3 is 35.3 Å². The maximum atomic E-state index is 13.3. The lowest BCUT2D eigenvalue weighted by molar-refractivity contribution is -0.185. The summed E-state index contributed by atoms with van der Waals surface area (Å²) in [6.45, 7) is 4.99. The molecule has 1 heterocycles. The number of aliphatic carboxylic acids is 1. The molecule has 2 rings (SSSR count). The Balaban J connectivity index is 2.16. The molecule has 6 N–H and O–H groups in total. The Morgan fingerprint density at radius 2 is 1.57 bits per heavy atom. The zero-order chi connectivity index (χ0) is 29.5. The molecule has 1 unspecified atom stereocenters. The summed E-state index contributed by atoms with van der Waals surface area (Å²) < 4.78 is 15.3. The fraction of sp³-hybridized carbons (Fsp3) is 0.538. The summed E-state index contributed by atoms with van der Waals surface area (Å²) in [7, 11) is 0. The van der Waals surface area contributed by atoms with Crippen molar-refractivity contribution in [3.8, 4) is 0 Å². The second-order valence-corrected chi connectivity index (χ2v) is 8.83. The average Bonchev–Trinajstić information content (AvgIpc) is 2.93. The van der Waals surface area contributed by atoms with Crippen molar-refractivity contribution in [1.29, 1.82) is 5.41 Å². The molecule has 0 aliphatic carbocycles. The molecule has 3 amide bonds. The quantitative estimate of drug-likeness (QED) is 0.0633. The van der Waals surface area contributed by atoms with E-state index < -0.39 is 41.7 Å². The number of ketones is 1. The highest BCUT2D eigenvalue weighted by molar-refractivity contribution is 6.11. The average molecular weight is 564 g/mol. The molecule has 1 fully saturated rings. The van der Waals surface area contributed by atoms with E-state index in [1.165, 1.54) is 24.3 Å². The number of unbranched alkanes of at least 4 members (excludes halogenated alkanes) is 1. The van der Waals surface area contributed by atoms with Crippen molar-refractivity contribution < 1.29 is 43.3 Å². The minimum atomic E-state index is -2.62. The molecule has 0 radical (unpaired) electrons. The fourth-order valence-corrected chi connectivity index (χ4v) is 3.87. The van der Waals surface area contributed by atoms with Crippen molar-refractivity contribution in [1.82, 2.24) is 21.3 Å². The van der Waals surface area contributed by atoms with Gasteiger partial charge in [0.15, 0.2) is 5.78 Å². The highest BCUT2D eigenvalue weighted by atomic mass is 16.6. The van der Waals surface area contributed by atoms with Gasteiger partial charge in [0.1, 0.15) is 5.84 Å². The third-order valence-corrected chi connectivity index (χ3v) is 5.93. The van der Waals surface area contributed by atoms with Gasteiger partial charge in [-0.05, 0) is 64.8 Å². The molecular weight excluding hydrogens is 526 g/mol. The van der Waals surface area contributed by atoms with Crippen LogP contribution in [0.4, 0.5) is 9.59 Å². The molecule has 1 aliphatic heterocycles. The number of alkyl carbamates (subject to hydrolysis) is 2. The number of amides is 3. The predicted molar refractivity (Wildman–Crippen MR) is 142 cm³/mol. The zero-order valence-electron chi connectivity index (χ0n) is 22.7. The van der Waals surface area contributed by atoms with Gasteiger partial charge in [-0.2, -0.15) is 0 Å². The lowest BCUT2D eigenvalue weighted by atomic mass is 10.00. The van der Waals surface area contributed by atoms with Crippen molar-refractivity contribution in [3.05, 3.63) is 35.4 Å². The number of carbonyl (C=O) groups excluding carboxylic acids is 4. The van der Waals surface area contributed by atoms with Gasteiger partial charge >= 0.3 is 23.9 Å². The minimum Gasteiger partial charge on any atom is -0.477 e. The van der Waals surface area contributed by atoms with Gasteiger partial charge in [0, 0.05) is 24.1 Å². The van der Waals surface area contributed by atoms with E-state index in [4.69, 9.17) is 19.6 Å². The SMILES string of the molecule is CCOC(=O)NCCCCC(=O)C(NC(=O)c1ccc(C(=N)NC(=O)OCC)cc1)(OC1CCNCC1)C(=O)O. The number of benzene rings is 1. The van der Waals surface area contributed by atoms with E-state index >= 15 is 0 Å². The third kappa shape index (κ3) is 9.61. The van der Waals surface area contributed by atoms with Gasteiger partial charge in [0.25, 0.3) is 5.91 Å². The van der Waals surface area contributed by atoms with E-state index in [1.807, 2.05) is 0 Å². The Morgan fingerprint density at radius 1 is 0.975 bits per heavy atom. The molecule has 14 nitrogen and oxygen atoms in total. The van der Waals surface area contributed by atoms with Crippen LogP contribution >= 0.6 is 0 Å². The Hall–Kier alpha value is -4.04. The number of nitrogens with one attached hydrogen (secondary N) is 5. The van der Waals surface area contributed by atoms with Crippen LogP contribution in [0.2, 0.25) is 0 Å². The number of Topliss-reactive ketones (excluding diaryl/α,β-unsaturated/α-hetero) is 1. The van der Waals surface area contributed by atoms with E-state index in [0.717, 1.165) is 0 Å². The fourth-order valence-electron chi connectivity index (χ4n) is 3.87. The highest BCUT2D eigenvalue weighted by Crippen LogP contribution is 2.22. The molecule has 1 atom stereocenters. The van der Waals surface area contributed by atoms with Gasteiger partial charge in [-0.25, -0.2) is 14.4 Å². The molecule has 0 bridgehead atoms. The van der Waals surface area contributed by atoms with Crippen LogP contribution in [0, 0.1) is 5.41 Å². The van der Waals surface area contributed by atoms with Gasteiger partial charge in [-0.3, -0.25) is 20.3 Å². The monoisotopic (exact) mass is 563 g/mol. The van der Waals surface area contributed by atoms with Crippen molar-refractivity contribution in [3.63, 3.8) is 0 Å². The Morgan fingerprint density at radius 3 is 2.17 bits per heavy atom. The molecule has 1 saturated heterocycles. The summed E-state index contributed by atoms with van der Waals surface area (Å²) in [6, 6.07) is 5.43. The molecule has 40 heavy (non-hydrogen) atoms. The van der Waals surface area contributed by atoms with Gasteiger partial charge in [0.2, 0.25) is 0 Å². The predicted octanol–water partition coefficient (Wildman–Crippen LogP) is 1.52. The first-order valence-corrected chi connectivity index (χ1v) is 13.1. The standard InChI is InChI=1S/C26H37N5O9/c1-3-38-24(36)29-14-6-5-7-20(32)26(23(34)35,40-19-12-15-28-16-13-19)31-22(33)18-10-8-17(9-11-18)21(27)30-25(37)39-4-2/h8-11,19,28H,3-7,12-16H2,1-2H3,(H,29,36)(H,31,33)(H,34,35)(H2,27,30,37). The van der Waals surface area contributed by atoms with E-state index in [-0.39, 0.29) is 49.6 Å². The number of piperidine rings is 1. The van der Waals surface area contributed by atoms with Crippen LogP contribution in [-0.2, 0) is 23.8 Å². The first-order valence-electron chi connectivity index (χ1n) is 13.1. The summed E-state index contributed by atoms with van der Waals surface area (Å²) in [5.74, 6) is -3.61. The number of carboxylic acids is 1. The van der Waals surface area contributed by atoms with E-state index in [9.17, 15) is 29.1 Å². The van der Waals surface area contributed by atoms with Gasteiger partial charge in [-0.15, -0.1) is 0 Å². The lowest BCUT2D eigenvalue weighted by Crippen LogP contribution is -2.63. The molecule has 1 aromatic carbocycles. The minimum absolute atomic E-state index is 0.0126. The summed E-state index contributed by atoms with van der Waals surface area (Å²) >= 11 is 0. The molecule has 1 aliphatic rings. The van der Waals surface area contributed by atoms with Crippen LogP contribution < -0.4 is 21.3 Å². The third-order valence-electron chi connectivity index (χ3n) is 5.93. The molecule has 220 valence electrons. The lowest BCUT2D eigenvalue weighted by Gasteiger charge is -2.34. The summed E-state index contributed by atoms with van der Waals surface area (Å²) in [6.07, 6.45) is -0.692. The molecule has 1 aromatic rings. The van der Waals surface area contributed by atoms with Crippen molar-refractivity contribution in [2.75, 3.05) is 32.8 Å². The largest absolute Gasteiger partial charge is 0.477 e. The van der Waals surface area contributed by atoms with Crippen LogP contribution in [0.5, 0.6) is 0 Å². The smallest absolute Gasteiger partial charge is 0.412 e. The van der Waals surface area contributed by atoms with Gasteiger partial charge in [0.05, 0.1) is 19.3 Å². The van der Waals surface area contributed by atoms with Crippen LogP contribution in [0.25, 0.3) is 0 Å². The molecule has 0 saturated carbocycles. The number of ether oxygens (including phenoxy) is 3. The Kier molecular flexibility index (Phi) is 13.0. The van der Waals surface area contributed by atoms with Crippen molar-refractivity contribution in [2.45, 2.75) is 57.8 Å². The van der Waals surface area contributed by atoms with Crippen LogP contribution in [-0.4, -0.2) is 85.5 Å². The van der Waals surface area contributed by atoms with Crippen molar-refractivity contribution in [2.24, 2.45) is 0 Å². The van der Waals surface area contributed by atoms with E-state index in [0.29, 0.717) is 32.4 Å². The zero-order valence-corrected chi connectivity index (χ0v) is 22.7. The van der Waals surface area contributed by atoms with Crippen molar-refractivity contribution >= 4 is 35.7 Å². The summed E-state index contributed by atoms with van der Waals surface area (Å²) in [4.78, 5) is 61.9. The second kappa shape index (κ2) is 16.2. The number of hydrogen-bond donors (Lipinski definition) is 6. The topological polar surface area (TPSA) is 205 Å². The highest BCUT2D eigenvalue weighted by Gasteiger charge is 2.50.